The summed E-state index contributed by atoms with van der Waals surface area (Å²) in [7, 11) is 1.65. The Hall–Kier alpha value is -1.90. The molecule has 0 bridgehead atoms. The Kier molecular flexibility index (Phi) is 3.80. The fourth-order valence-corrected chi connectivity index (χ4v) is 1.31. The van der Waals surface area contributed by atoms with Gasteiger partial charge in [-0.2, -0.15) is 0 Å². The highest BCUT2D eigenvalue weighted by Crippen LogP contribution is 2.19. The Morgan fingerprint density at radius 2 is 2.20 bits per heavy atom. The fraction of sp³-hybridized carbons (Fsp3) is 0.167. The van der Waals surface area contributed by atoms with Crippen LogP contribution in [0.25, 0.3) is 0 Å². The number of hydrogen-bond acceptors (Lipinski definition) is 2. The van der Waals surface area contributed by atoms with Gasteiger partial charge in [0.15, 0.2) is 5.84 Å². The first-order chi connectivity index (χ1) is 7.22. The topological polar surface area (TPSA) is 34.0 Å². The molecule has 0 N–H and O–H groups in total. The van der Waals surface area contributed by atoms with Gasteiger partial charge in [0, 0.05) is 11.8 Å². The average molecular weight is 202 g/mol. The minimum absolute atomic E-state index is 0.566. The average Bonchev–Trinajstić information content (AvgIpc) is 2.25. The Morgan fingerprint density at radius 3 is 2.67 bits per heavy atom. The zero-order chi connectivity index (χ0) is 11.3. The van der Waals surface area contributed by atoms with Crippen LogP contribution in [-0.4, -0.2) is 19.7 Å². The van der Waals surface area contributed by atoms with Crippen LogP contribution in [-0.2, 0) is 0 Å². The molecule has 3 nitrogen and oxygen atoms in total. The molecule has 1 rings (SSSR count). The molecule has 0 unspecified atom stereocenters. The van der Waals surface area contributed by atoms with Crippen molar-refractivity contribution in [3.63, 3.8) is 0 Å². The smallest absolute Gasteiger partial charge is 0.158 e. The van der Waals surface area contributed by atoms with Gasteiger partial charge in [-0.15, -0.1) is 0 Å². The molecular weight excluding hydrogens is 188 g/mol. The normalized spacial score (nSPS) is 10.9. The van der Waals surface area contributed by atoms with Crippen LogP contribution in [0.5, 0.6) is 5.75 Å². The van der Waals surface area contributed by atoms with Crippen LogP contribution in [0, 0.1) is 6.92 Å². The van der Waals surface area contributed by atoms with Crippen molar-refractivity contribution in [1.82, 2.24) is 0 Å². The van der Waals surface area contributed by atoms with Crippen molar-refractivity contribution in [3.05, 3.63) is 42.1 Å². The molecular formula is C12H14N2O. The van der Waals surface area contributed by atoms with Crippen molar-refractivity contribution < 1.29 is 4.74 Å². The molecule has 0 atom stereocenters. The molecule has 0 spiro atoms. The summed E-state index contributed by atoms with van der Waals surface area (Å²) in [4.78, 5) is 7.85. The molecule has 0 saturated heterocycles. The summed E-state index contributed by atoms with van der Waals surface area (Å²) in [6, 6.07) is 5.73. The van der Waals surface area contributed by atoms with Crippen LogP contribution in [0.3, 0.4) is 0 Å². The maximum absolute atomic E-state index is 5.17. The monoisotopic (exact) mass is 202 g/mol. The lowest BCUT2D eigenvalue weighted by molar-refractivity contribution is 0.411. The molecule has 0 fully saturated rings. The lowest BCUT2D eigenvalue weighted by atomic mass is 10.1. The lowest BCUT2D eigenvalue weighted by Crippen LogP contribution is -1.97. The number of amidine groups is 1. The number of rotatable bonds is 3. The molecule has 0 aliphatic heterocycles. The number of methoxy groups -OCH3 is 1. The maximum atomic E-state index is 5.17. The van der Waals surface area contributed by atoms with Crippen LogP contribution in [0.4, 0.5) is 0 Å². The first-order valence-corrected chi connectivity index (χ1v) is 4.53. The lowest BCUT2D eigenvalue weighted by Gasteiger charge is -2.06. The molecule has 0 aliphatic rings. The van der Waals surface area contributed by atoms with E-state index in [9.17, 15) is 0 Å². The van der Waals surface area contributed by atoms with Crippen molar-refractivity contribution in [2.75, 3.05) is 7.11 Å². The highest BCUT2D eigenvalue weighted by atomic mass is 16.5. The van der Waals surface area contributed by atoms with E-state index < -0.39 is 0 Å². The van der Waals surface area contributed by atoms with Gasteiger partial charge in [0.2, 0.25) is 0 Å². The van der Waals surface area contributed by atoms with Crippen LogP contribution >= 0.6 is 0 Å². The van der Waals surface area contributed by atoms with E-state index in [1.165, 1.54) is 6.20 Å². The third kappa shape index (κ3) is 2.53. The van der Waals surface area contributed by atoms with Gasteiger partial charge < -0.3 is 4.74 Å². The van der Waals surface area contributed by atoms with E-state index in [1.807, 2.05) is 25.1 Å². The van der Waals surface area contributed by atoms with Crippen molar-refractivity contribution in [1.29, 1.82) is 0 Å². The van der Waals surface area contributed by atoms with E-state index in [4.69, 9.17) is 4.74 Å². The molecule has 0 aliphatic carbocycles. The Bertz CT molecular complexity index is 408. The van der Waals surface area contributed by atoms with Crippen molar-refractivity contribution in [2.24, 2.45) is 9.98 Å². The van der Waals surface area contributed by atoms with Gasteiger partial charge in [-0.1, -0.05) is 6.58 Å². The number of nitrogens with zero attached hydrogens (tertiary/aromatic N) is 2. The Balaban J connectivity index is 3.16. The number of aryl methyl sites for hydroxylation is 1. The molecule has 78 valence electrons. The number of aliphatic imine (C=N–C) groups is 2. The summed E-state index contributed by atoms with van der Waals surface area (Å²) in [5, 5.41) is 0. The first kappa shape index (κ1) is 11.2. The first-order valence-electron chi connectivity index (χ1n) is 4.53. The second kappa shape index (κ2) is 5.10. The largest absolute Gasteiger partial charge is 0.496 e. The number of hydrogen-bond donors (Lipinski definition) is 0. The van der Waals surface area contributed by atoms with E-state index in [2.05, 4.69) is 23.3 Å². The zero-order valence-corrected chi connectivity index (χ0v) is 9.03. The Labute approximate surface area is 89.8 Å². The maximum Gasteiger partial charge on any atom is 0.158 e. The van der Waals surface area contributed by atoms with Crippen LogP contribution in [0.2, 0.25) is 0 Å². The van der Waals surface area contributed by atoms with E-state index in [0.717, 1.165) is 16.9 Å². The van der Waals surface area contributed by atoms with Gasteiger partial charge in [0.1, 0.15) is 5.75 Å². The molecule has 1 aromatic carbocycles. The minimum atomic E-state index is 0.566. The molecule has 0 aromatic heterocycles. The molecule has 3 heteroatoms. The van der Waals surface area contributed by atoms with Crippen molar-refractivity contribution in [3.8, 4) is 5.75 Å². The summed E-state index contributed by atoms with van der Waals surface area (Å²) >= 11 is 0. The predicted octanol–water partition coefficient (Wildman–Crippen LogP) is 2.59. The van der Waals surface area contributed by atoms with Gasteiger partial charge in [-0.25, -0.2) is 9.98 Å². The third-order valence-corrected chi connectivity index (χ3v) is 2.02. The predicted molar refractivity (Wildman–Crippen MR) is 64.0 cm³/mol. The van der Waals surface area contributed by atoms with Gasteiger partial charge in [-0.05, 0) is 37.4 Å². The van der Waals surface area contributed by atoms with E-state index in [-0.39, 0.29) is 0 Å². The molecule has 0 amide bonds. The molecule has 1 aromatic rings. The quantitative estimate of drug-likeness (QED) is 0.548. The van der Waals surface area contributed by atoms with E-state index in [1.54, 1.807) is 7.11 Å². The number of benzene rings is 1. The van der Waals surface area contributed by atoms with Crippen LogP contribution < -0.4 is 4.74 Å². The summed E-state index contributed by atoms with van der Waals surface area (Å²) in [5.41, 5.74) is 1.94. The zero-order valence-electron chi connectivity index (χ0n) is 9.03. The van der Waals surface area contributed by atoms with E-state index >= 15 is 0 Å². The molecule has 0 saturated carbocycles. The summed E-state index contributed by atoms with van der Waals surface area (Å²) in [5.74, 6) is 1.41. The van der Waals surface area contributed by atoms with Crippen LogP contribution in [0.15, 0.2) is 41.0 Å². The highest BCUT2D eigenvalue weighted by Gasteiger charge is 2.03. The van der Waals surface area contributed by atoms with Gasteiger partial charge >= 0.3 is 0 Å². The fourth-order valence-electron chi connectivity index (χ4n) is 1.31. The standard InChI is InChI=1S/C12H14N2O/c1-5-14-12(13-3)10-6-7-11(15-4)9(2)8-10/h5-8H,1,3H2,2,4H3. The summed E-state index contributed by atoms with van der Waals surface area (Å²) < 4.78 is 5.17. The minimum Gasteiger partial charge on any atom is -0.496 e. The highest BCUT2D eigenvalue weighted by molar-refractivity contribution is 6.01. The second-order valence-electron chi connectivity index (χ2n) is 2.98. The molecule has 15 heavy (non-hydrogen) atoms. The van der Waals surface area contributed by atoms with Crippen LogP contribution in [0.1, 0.15) is 11.1 Å². The third-order valence-electron chi connectivity index (χ3n) is 2.02. The van der Waals surface area contributed by atoms with Gasteiger partial charge in [0.05, 0.1) is 7.11 Å². The summed E-state index contributed by atoms with van der Waals surface area (Å²) in [6.45, 7) is 8.97. The Morgan fingerprint density at radius 1 is 1.47 bits per heavy atom. The van der Waals surface area contributed by atoms with Gasteiger partial charge in [0.25, 0.3) is 0 Å². The SMILES string of the molecule is C=CN=C(N=C)c1ccc(OC)c(C)c1. The number of ether oxygens (including phenoxy) is 1. The summed E-state index contributed by atoms with van der Waals surface area (Å²) in [6.07, 6.45) is 1.45. The molecule has 0 heterocycles. The van der Waals surface area contributed by atoms with Gasteiger partial charge in [-0.3, -0.25) is 0 Å². The van der Waals surface area contributed by atoms with Crippen molar-refractivity contribution >= 4 is 12.6 Å². The van der Waals surface area contributed by atoms with E-state index in [0.29, 0.717) is 5.84 Å². The molecule has 0 radical (unpaired) electrons. The van der Waals surface area contributed by atoms with Crippen molar-refractivity contribution in [2.45, 2.75) is 6.92 Å². The second-order valence-corrected chi connectivity index (χ2v) is 2.98.